The van der Waals surface area contributed by atoms with E-state index in [9.17, 15) is 13.9 Å². The maximum Gasteiger partial charge on any atom is 0.126 e. The lowest BCUT2D eigenvalue weighted by molar-refractivity contribution is 0.148. The van der Waals surface area contributed by atoms with Crippen LogP contribution in [0, 0.1) is 23.0 Å². The third-order valence-electron chi connectivity index (χ3n) is 5.35. The fourth-order valence-corrected chi connectivity index (χ4v) is 3.44. The van der Waals surface area contributed by atoms with Gasteiger partial charge in [0.2, 0.25) is 0 Å². The number of aliphatic hydroxyl groups is 1. The predicted octanol–water partition coefficient (Wildman–Crippen LogP) is 5.47. The molecule has 0 heterocycles. The fraction of sp³-hybridized carbons (Fsp3) is 0.565. The maximum absolute atomic E-state index is 13.4. The van der Waals surface area contributed by atoms with Crippen LogP contribution in [0.5, 0.6) is 0 Å². The second kappa shape index (κ2) is 9.11. The highest BCUT2D eigenvalue weighted by Crippen LogP contribution is 2.34. The van der Waals surface area contributed by atoms with Crippen molar-refractivity contribution in [3.05, 3.63) is 59.2 Å². The zero-order chi connectivity index (χ0) is 20.2. The Labute approximate surface area is 162 Å². The molecule has 2 nitrogen and oxygen atoms in total. The fourth-order valence-electron chi connectivity index (χ4n) is 3.44. The van der Waals surface area contributed by atoms with Crippen molar-refractivity contribution in [1.29, 1.82) is 0 Å². The highest BCUT2D eigenvalue weighted by Gasteiger charge is 2.24. The number of benzene rings is 1. The molecule has 0 spiro atoms. The monoisotopic (exact) mass is 377 g/mol. The van der Waals surface area contributed by atoms with E-state index >= 15 is 0 Å². The molecule has 1 aliphatic carbocycles. The van der Waals surface area contributed by atoms with Crippen molar-refractivity contribution in [1.82, 2.24) is 4.90 Å². The quantitative estimate of drug-likeness (QED) is 0.681. The van der Waals surface area contributed by atoms with Crippen molar-refractivity contribution in [2.24, 2.45) is 11.3 Å². The van der Waals surface area contributed by atoms with Gasteiger partial charge < -0.3 is 5.11 Å². The molecule has 0 amide bonds. The first kappa shape index (κ1) is 21.8. The Kier molecular flexibility index (Phi) is 7.35. The molecule has 2 atom stereocenters. The Hall–Kier alpha value is -1.52. The lowest BCUT2D eigenvalue weighted by atomic mass is 9.76. The first-order valence-corrected chi connectivity index (χ1v) is 9.81. The topological polar surface area (TPSA) is 23.5 Å². The number of hydrogen-bond donors (Lipinski definition) is 1. The third-order valence-corrected chi connectivity index (χ3v) is 5.35. The van der Waals surface area contributed by atoms with Crippen molar-refractivity contribution in [3.8, 4) is 0 Å². The molecule has 0 saturated carbocycles. The number of halogens is 2. The highest BCUT2D eigenvalue weighted by atomic mass is 19.1. The minimum absolute atomic E-state index is 0.213. The summed E-state index contributed by atoms with van der Waals surface area (Å²) in [5.41, 5.74) is 1.80. The first-order chi connectivity index (χ1) is 12.6. The van der Waals surface area contributed by atoms with Crippen molar-refractivity contribution < 1.29 is 13.9 Å². The molecule has 2 unspecified atom stereocenters. The molecule has 0 radical (unpaired) electrons. The zero-order valence-corrected chi connectivity index (χ0v) is 17.2. The molecule has 2 rings (SSSR count). The number of nitrogens with zero attached hydrogens (tertiary/aromatic N) is 1. The van der Waals surface area contributed by atoms with Gasteiger partial charge in [-0.1, -0.05) is 39.0 Å². The largest absolute Gasteiger partial charge is 0.388 e. The molecule has 150 valence electrons. The SMILES string of the molecule is CC(C)N(CCC(O)C1=CCC(C(C)(C)C)C=C1)Cc1cc(F)cc(F)c1. The summed E-state index contributed by atoms with van der Waals surface area (Å²) in [5.74, 6) is -0.622. The van der Waals surface area contributed by atoms with Crippen LogP contribution in [-0.4, -0.2) is 28.7 Å². The molecule has 0 aromatic heterocycles. The average Bonchev–Trinajstić information content (AvgIpc) is 2.56. The smallest absolute Gasteiger partial charge is 0.126 e. The Morgan fingerprint density at radius 2 is 1.78 bits per heavy atom. The third kappa shape index (κ3) is 6.54. The molecule has 1 aromatic carbocycles. The first-order valence-electron chi connectivity index (χ1n) is 9.81. The Morgan fingerprint density at radius 1 is 1.15 bits per heavy atom. The summed E-state index contributed by atoms with van der Waals surface area (Å²) in [4.78, 5) is 2.13. The van der Waals surface area contributed by atoms with E-state index in [0.717, 1.165) is 18.1 Å². The Balaban J connectivity index is 1.94. The molecular formula is C23H33F2NO. The summed E-state index contributed by atoms with van der Waals surface area (Å²) in [7, 11) is 0. The van der Waals surface area contributed by atoms with Gasteiger partial charge in [0.1, 0.15) is 11.6 Å². The number of allylic oxidation sites excluding steroid dienone is 2. The second-order valence-corrected chi connectivity index (χ2v) is 8.92. The predicted molar refractivity (Wildman–Crippen MR) is 107 cm³/mol. The van der Waals surface area contributed by atoms with Gasteiger partial charge in [0, 0.05) is 25.2 Å². The van der Waals surface area contributed by atoms with Crippen LogP contribution in [0.15, 0.2) is 42.0 Å². The molecule has 0 bridgehead atoms. The zero-order valence-electron chi connectivity index (χ0n) is 17.2. The van der Waals surface area contributed by atoms with Gasteiger partial charge in [-0.3, -0.25) is 4.90 Å². The van der Waals surface area contributed by atoms with Crippen molar-refractivity contribution in [2.45, 2.75) is 66.2 Å². The van der Waals surface area contributed by atoms with E-state index in [1.807, 2.05) is 6.08 Å². The van der Waals surface area contributed by atoms with Crippen LogP contribution >= 0.6 is 0 Å². The van der Waals surface area contributed by atoms with E-state index < -0.39 is 17.7 Å². The highest BCUT2D eigenvalue weighted by molar-refractivity contribution is 5.28. The normalized spacial score (nSPS) is 18.9. The molecule has 27 heavy (non-hydrogen) atoms. The van der Waals surface area contributed by atoms with Gasteiger partial charge in [0.15, 0.2) is 0 Å². The molecule has 0 saturated heterocycles. The summed E-state index contributed by atoms with van der Waals surface area (Å²) in [6.07, 6.45) is 7.41. The summed E-state index contributed by atoms with van der Waals surface area (Å²) < 4.78 is 26.9. The van der Waals surface area contributed by atoms with Crippen LogP contribution in [-0.2, 0) is 6.54 Å². The number of rotatable bonds is 7. The van der Waals surface area contributed by atoms with Crippen LogP contribution in [0.2, 0.25) is 0 Å². The van der Waals surface area contributed by atoms with Gasteiger partial charge >= 0.3 is 0 Å². The van der Waals surface area contributed by atoms with E-state index in [0.29, 0.717) is 31.0 Å². The summed E-state index contributed by atoms with van der Waals surface area (Å²) >= 11 is 0. The number of aliphatic hydroxyl groups excluding tert-OH is 1. The van der Waals surface area contributed by atoms with Gasteiger partial charge in [-0.15, -0.1) is 0 Å². The molecule has 4 heteroatoms. The lowest BCUT2D eigenvalue weighted by Crippen LogP contribution is -2.33. The summed E-state index contributed by atoms with van der Waals surface area (Å²) in [6, 6.07) is 3.84. The van der Waals surface area contributed by atoms with E-state index in [1.54, 1.807) is 0 Å². The van der Waals surface area contributed by atoms with Gasteiger partial charge in [0.05, 0.1) is 6.10 Å². The maximum atomic E-state index is 13.4. The minimum Gasteiger partial charge on any atom is -0.388 e. The van der Waals surface area contributed by atoms with Gasteiger partial charge in [-0.05, 0) is 61.3 Å². The lowest BCUT2D eigenvalue weighted by Gasteiger charge is -2.31. The van der Waals surface area contributed by atoms with Crippen molar-refractivity contribution in [2.75, 3.05) is 6.54 Å². The summed E-state index contributed by atoms with van der Waals surface area (Å²) in [6.45, 7) is 11.9. The average molecular weight is 378 g/mol. The van der Waals surface area contributed by atoms with Crippen LogP contribution in [0.1, 0.15) is 53.0 Å². The van der Waals surface area contributed by atoms with Crippen LogP contribution < -0.4 is 0 Å². The summed E-state index contributed by atoms with van der Waals surface area (Å²) in [5, 5.41) is 10.6. The van der Waals surface area contributed by atoms with Crippen molar-refractivity contribution in [3.63, 3.8) is 0 Å². The van der Waals surface area contributed by atoms with Crippen LogP contribution in [0.4, 0.5) is 8.78 Å². The standard InChI is InChI=1S/C23H33F2NO/c1-16(2)26(15-17-12-20(24)14-21(25)13-17)11-10-22(27)18-6-8-19(9-7-18)23(3,4)5/h6-8,12-14,16,19,22,27H,9-11,15H2,1-5H3. The molecule has 0 fully saturated rings. The van der Waals surface area contributed by atoms with Crippen LogP contribution in [0.25, 0.3) is 0 Å². The van der Waals surface area contributed by atoms with E-state index in [4.69, 9.17) is 0 Å². The van der Waals surface area contributed by atoms with Crippen LogP contribution in [0.3, 0.4) is 0 Å². The Bertz CT molecular complexity index is 668. The van der Waals surface area contributed by atoms with Gasteiger partial charge in [-0.2, -0.15) is 0 Å². The molecule has 0 aliphatic heterocycles. The van der Waals surface area contributed by atoms with E-state index in [-0.39, 0.29) is 11.5 Å². The van der Waals surface area contributed by atoms with E-state index in [2.05, 4.69) is 51.7 Å². The minimum atomic E-state index is -0.556. The molecule has 1 aromatic rings. The molecular weight excluding hydrogens is 344 g/mol. The Morgan fingerprint density at radius 3 is 2.26 bits per heavy atom. The number of hydrogen-bond acceptors (Lipinski definition) is 2. The van der Waals surface area contributed by atoms with E-state index in [1.165, 1.54) is 12.1 Å². The van der Waals surface area contributed by atoms with Crippen molar-refractivity contribution >= 4 is 0 Å². The second-order valence-electron chi connectivity index (χ2n) is 8.92. The van der Waals surface area contributed by atoms with Gasteiger partial charge in [-0.25, -0.2) is 8.78 Å². The molecule has 1 aliphatic rings. The molecule has 1 N–H and O–H groups in total. The van der Waals surface area contributed by atoms with Gasteiger partial charge in [0.25, 0.3) is 0 Å².